The highest BCUT2D eigenvalue weighted by molar-refractivity contribution is 5.78. The van der Waals surface area contributed by atoms with E-state index in [4.69, 9.17) is 19.8 Å². The Morgan fingerprint density at radius 1 is 1.42 bits per heavy atom. The Morgan fingerprint density at radius 3 is 2.75 bits per heavy atom. The fourth-order valence-electron chi connectivity index (χ4n) is 2.83. The average molecular weight is 332 g/mol. The number of carboxylic acids is 1. The number of methoxy groups -OCH3 is 1. The summed E-state index contributed by atoms with van der Waals surface area (Å²) in [4.78, 5) is 25.0. The van der Waals surface area contributed by atoms with Crippen LogP contribution in [0.3, 0.4) is 0 Å². The highest BCUT2D eigenvalue weighted by Crippen LogP contribution is 2.28. The highest BCUT2D eigenvalue weighted by Gasteiger charge is 2.33. The molecule has 1 aliphatic rings. The summed E-state index contributed by atoms with van der Waals surface area (Å²) in [5, 5.41) is 18.0. The smallest absolute Gasteiger partial charge is 0.306 e. The molecule has 7 heteroatoms. The molecule has 1 fully saturated rings. The number of amides is 1. The third-order valence-electron chi connectivity index (χ3n) is 4.22. The van der Waals surface area contributed by atoms with Gasteiger partial charge in [-0.05, 0) is 24.5 Å². The normalized spacial score (nSPS) is 20.1. The van der Waals surface area contributed by atoms with Gasteiger partial charge in [0.2, 0.25) is 0 Å². The van der Waals surface area contributed by atoms with Crippen LogP contribution < -0.4 is 9.47 Å². The van der Waals surface area contributed by atoms with Crippen molar-refractivity contribution in [3.05, 3.63) is 23.8 Å². The summed E-state index contributed by atoms with van der Waals surface area (Å²) in [7, 11) is 1.46. The van der Waals surface area contributed by atoms with E-state index < -0.39 is 11.9 Å². The maximum absolute atomic E-state index is 12.3. The van der Waals surface area contributed by atoms with Gasteiger partial charge in [0.15, 0.2) is 18.1 Å². The third kappa shape index (κ3) is 3.96. The Morgan fingerprint density at radius 2 is 2.17 bits per heavy atom. The first-order valence-electron chi connectivity index (χ1n) is 7.67. The summed E-state index contributed by atoms with van der Waals surface area (Å²) in [6.07, 6.45) is 0.447. The molecule has 0 saturated carbocycles. The van der Waals surface area contributed by atoms with E-state index in [0.29, 0.717) is 36.6 Å². The largest absolute Gasteiger partial charge is 0.493 e. The van der Waals surface area contributed by atoms with Crippen LogP contribution >= 0.6 is 0 Å². The van der Waals surface area contributed by atoms with Crippen molar-refractivity contribution in [3.8, 4) is 17.6 Å². The van der Waals surface area contributed by atoms with Crippen molar-refractivity contribution in [2.24, 2.45) is 11.8 Å². The molecule has 2 rings (SSSR count). The number of likely N-dealkylation sites (tertiary alicyclic amines) is 1. The van der Waals surface area contributed by atoms with Crippen LogP contribution in [0, 0.1) is 23.2 Å². The number of rotatable bonds is 5. The topological polar surface area (TPSA) is 99.9 Å². The maximum atomic E-state index is 12.3. The minimum atomic E-state index is -0.812. The summed E-state index contributed by atoms with van der Waals surface area (Å²) in [5.41, 5.74) is 0.440. The number of nitrogens with zero attached hydrogens (tertiary/aromatic N) is 2. The van der Waals surface area contributed by atoms with Crippen LogP contribution in [0.15, 0.2) is 18.2 Å². The molecule has 0 bridgehead atoms. The van der Waals surface area contributed by atoms with Crippen LogP contribution in [0.1, 0.15) is 18.9 Å². The van der Waals surface area contributed by atoms with Crippen molar-refractivity contribution in [1.29, 1.82) is 5.26 Å². The molecule has 1 heterocycles. The number of carboxylic acid groups (broad SMARTS) is 1. The summed E-state index contributed by atoms with van der Waals surface area (Å²) >= 11 is 0. The molecule has 1 amide bonds. The number of ether oxygens (including phenoxy) is 2. The maximum Gasteiger partial charge on any atom is 0.306 e. The first kappa shape index (κ1) is 17.6. The molecule has 0 aliphatic carbocycles. The highest BCUT2D eigenvalue weighted by atomic mass is 16.5. The number of aliphatic carboxylic acids is 1. The van der Waals surface area contributed by atoms with Gasteiger partial charge >= 0.3 is 5.97 Å². The summed E-state index contributed by atoms with van der Waals surface area (Å²) in [6.45, 7) is 2.49. The van der Waals surface area contributed by atoms with E-state index in [-0.39, 0.29) is 18.4 Å². The van der Waals surface area contributed by atoms with Crippen molar-refractivity contribution < 1.29 is 24.2 Å². The second-order valence-corrected chi connectivity index (χ2v) is 5.82. The van der Waals surface area contributed by atoms with Crippen LogP contribution in [-0.4, -0.2) is 48.7 Å². The van der Waals surface area contributed by atoms with E-state index >= 15 is 0 Å². The number of hydrogen-bond acceptors (Lipinski definition) is 5. The monoisotopic (exact) mass is 332 g/mol. The first-order chi connectivity index (χ1) is 11.5. The number of carbonyl (C=O) groups excluding carboxylic acids is 1. The molecule has 24 heavy (non-hydrogen) atoms. The van der Waals surface area contributed by atoms with Crippen molar-refractivity contribution in [1.82, 2.24) is 4.90 Å². The summed E-state index contributed by atoms with van der Waals surface area (Å²) in [5.74, 6) is -0.735. The van der Waals surface area contributed by atoms with Crippen molar-refractivity contribution in [2.75, 3.05) is 26.8 Å². The molecule has 7 nitrogen and oxygen atoms in total. The second kappa shape index (κ2) is 7.68. The van der Waals surface area contributed by atoms with Crippen LogP contribution in [0.2, 0.25) is 0 Å². The minimum absolute atomic E-state index is 0.0929. The Labute approximate surface area is 140 Å². The van der Waals surface area contributed by atoms with Gasteiger partial charge in [-0.15, -0.1) is 0 Å². The van der Waals surface area contributed by atoms with Gasteiger partial charge in [-0.25, -0.2) is 0 Å². The molecule has 0 radical (unpaired) electrons. The number of carbonyl (C=O) groups is 2. The average Bonchev–Trinajstić information content (AvgIpc) is 2.58. The third-order valence-corrected chi connectivity index (χ3v) is 4.22. The van der Waals surface area contributed by atoms with Gasteiger partial charge in [-0.1, -0.05) is 6.92 Å². The second-order valence-electron chi connectivity index (χ2n) is 5.82. The Balaban J connectivity index is 1.95. The van der Waals surface area contributed by atoms with Gasteiger partial charge in [-0.3, -0.25) is 9.59 Å². The number of piperidine rings is 1. The molecule has 128 valence electrons. The fraction of sp³-hybridized carbons (Fsp3) is 0.471. The molecule has 2 unspecified atom stereocenters. The lowest BCUT2D eigenvalue weighted by Crippen LogP contribution is -2.46. The molecule has 1 aliphatic heterocycles. The van der Waals surface area contributed by atoms with Crippen LogP contribution in [0.4, 0.5) is 0 Å². The molecule has 1 aromatic rings. The van der Waals surface area contributed by atoms with Gasteiger partial charge in [0, 0.05) is 19.2 Å². The molecular weight excluding hydrogens is 312 g/mol. The van der Waals surface area contributed by atoms with E-state index in [1.165, 1.54) is 7.11 Å². The summed E-state index contributed by atoms with van der Waals surface area (Å²) < 4.78 is 10.7. The molecule has 1 aromatic carbocycles. The van der Waals surface area contributed by atoms with E-state index in [1.54, 1.807) is 23.1 Å². The van der Waals surface area contributed by atoms with Crippen molar-refractivity contribution in [2.45, 2.75) is 13.3 Å². The lowest BCUT2D eigenvalue weighted by Gasteiger charge is -2.34. The molecular formula is C17H20N2O5. The van der Waals surface area contributed by atoms with Gasteiger partial charge in [0.25, 0.3) is 5.91 Å². The van der Waals surface area contributed by atoms with Crippen molar-refractivity contribution >= 4 is 11.9 Å². The van der Waals surface area contributed by atoms with Gasteiger partial charge in [-0.2, -0.15) is 5.26 Å². The van der Waals surface area contributed by atoms with Gasteiger partial charge < -0.3 is 19.5 Å². The van der Waals surface area contributed by atoms with Gasteiger partial charge in [0.05, 0.1) is 24.7 Å². The van der Waals surface area contributed by atoms with E-state index in [2.05, 4.69) is 0 Å². The predicted octanol–water partition coefficient (Wildman–Crippen LogP) is 1.51. The quantitative estimate of drug-likeness (QED) is 0.877. The van der Waals surface area contributed by atoms with E-state index in [9.17, 15) is 9.59 Å². The zero-order valence-electron chi connectivity index (χ0n) is 13.7. The molecule has 0 spiro atoms. The number of benzene rings is 1. The van der Waals surface area contributed by atoms with Gasteiger partial charge in [0.1, 0.15) is 0 Å². The lowest BCUT2D eigenvalue weighted by atomic mass is 9.87. The molecule has 1 N–H and O–H groups in total. The minimum Gasteiger partial charge on any atom is -0.493 e. The lowest BCUT2D eigenvalue weighted by molar-refractivity contribution is -0.148. The molecule has 1 saturated heterocycles. The van der Waals surface area contributed by atoms with Crippen molar-refractivity contribution in [3.63, 3.8) is 0 Å². The SMILES string of the molecule is COc1cc(C#N)ccc1OCC(=O)N1CCC(C(=O)O)C(C)C1. The Kier molecular flexibility index (Phi) is 5.64. The Bertz CT molecular complexity index is 667. The Hall–Kier alpha value is -2.75. The molecule has 0 aromatic heterocycles. The number of hydrogen-bond donors (Lipinski definition) is 1. The zero-order valence-corrected chi connectivity index (χ0v) is 13.7. The van der Waals surface area contributed by atoms with Crippen LogP contribution in [-0.2, 0) is 9.59 Å². The number of nitriles is 1. The fourth-order valence-corrected chi connectivity index (χ4v) is 2.83. The summed E-state index contributed by atoms with van der Waals surface area (Å²) in [6, 6.07) is 6.72. The standard InChI is InChI=1S/C17H20N2O5/c1-11-9-19(6-5-13(11)17(21)22)16(20)10-24-14-4-3-12(8-18)7-15(14)23-2/h3-4,7,11,13H,5-6,9-10H2,1-2H3,(H,21,22). The first-order valence-corrected chi connectivity index (χ1v) is 7.67. The van der Waals surface area contributed by atoms with E-state index in [0.717, 1.165) is 0 Å². The van der Waals surface area contributed by atoms with Crippen LogP contribution in [0.25, 0.3) is 0 Å². The molecule has 2 atom stereocenters. The zero-order chi connectivity index (χ0) is 17.7. The predicted molar refractivity (Wildman–Crippen MR) is 84.7 cm³/mol. The van der Waals surface area contributed by atoms with E-state index in [1.807, 2.05) is 13.0 Å². The van der Waals surface area contributed by atoms with Crippen LogP contribution in [0.5, 0.6) is 11.5 Å².